The summed E-state index contributed by atoms with van der Waals surface area (Å²) in [6.45, 7) is 3.73. The average Bonchev–Trinajstić information content (AvgIpc) is 2.31. The number of aromatic amines is 1. The van der Waals surface area contributed by atoms with Gasteiger partial charge in [-0.2, -0.15) is 0 Å². The maximum atomic E-state index is 10.7. The summed E-state index contributed by atoms with van der Waals surface area (Å²) in [4.78, 5) is 13.2. The highest BCUT2D eigenvalue weighted by Gasteiger charge is 2.00. The fourth-order valence-corrected chi connectivity index (χ4v) is 1.03. The zero-order valence-corrected chi connectivity index (χ0v) is 5.76. The van der Waals surface area contributed by atoms with Gasteiger partial charge in [-0.05, 0) is 18.6 Å². The van der Waals surface area contributed by atoms with Crippen LogP contribution in [0.15, 0.2) is 27.4 Å². The lowest BCUT2D eigenvalue weighted by Crippen LogP contribution is -1.93. The molecule has 1 heterocycles. The van der Waals surface area contributed by atoms with Crippen molar-refractivity contribution in [1.29, 1.82) is 0 Å². The number of H-pyrrole nitrogens is 1. The summed E-state index contributed by atoms with van der Waals surface area (Å²) in [7, 11) is 0. The predicted molar refractivity (Wildman–Crippen MR) is 41.3 cm³/mol. The molecule has 0 spiro atoms. The third-order valence-electron chi connectivity index (χ3n) is 1.54. The summed E-state index contributed by atoms with van der Waals surface area (Å²) in [5.74, 6) is -0.434. The van der Waals surface area contributed by atoms with E-state index < -0.39 is 5.76 Å². The minimum Gasteiger partial charge on any atom is -0.408 e. The lowest BCUT2D eigenvalue weighted by molar-refractivity contribution is 0.555. The first kappa shape index (κ1) is 6.22. The first-order valence-corrected chi connectivity index (χ1v) is 3.21. The Hall–Kier alpha value is -1.51. The van der Waals surface area contributed by atoms with Crippen molar-refractivity contribution < 1.29 is 4.42 Å². The molecule has 55 valence electrons. The van der Waals surface area contributed by atoms with Crippen LogP contribution in [0.1, 0.15) is 5.56 Å². The maximum absolute atomic E-state index is 10.7. The monoisotopic (exact) mass is 148 g/mol. The number of fused-ring (bicyclic) bond motifs is 1. The highest BCUT2D eigenvalue weighted by molar-refractivity contribution is 5.76. The van der Waals surface area contributed by atoms with Crippen molar-refractivity contribution in [2.45, 2.75) is 0 Å². The van der Waals surface area contributed by atoms with E-state index in [9.17, 15) is 4.79 Å². The zero-order valence-electron chi connectivity index (χ0n) is 5.76. The van der Waals surface area contributed by atoms with Gasteiger partial charge < -0.3 is 4.42 Å². The van der Waals surface area contributed by atoms with E-state index in [0.29, 0.717) is 11.1 Å². The summed E-state index contributed by atoms with van der Waals surface area (Å²) in [5.41, 5.74) is 2.01. The lowest BCUT2D eigenvalue weighted by Gasteiger charge is -1.89. The average molecular weight is 148 g/mol. The van der Waals surface area contributed by atoms with Crippen LogP contribution >= 0.6 is 0 Å². The van der Waals surface area contributed by atoms with Gasteiger partial charge in [0.2, 0.25) is 0 Å². The molecule has 0 saturated heterocycles. The van der Waals surface area contributed by atoms with Gasteiger partial charge in [-0.3, -0.25) is 4.98 Å². The zero-order chi connectivity index (χ0) is 7.84. The maximum Gasteiger partial charge on any atom is 0.417 e. The topological polar surface area (TPSA) is 46.0 Å². The van der Waals surface area contributed by atoms with Crippen molar-refractivity contribution in [3.05, 3.63) is 41.2 Å². The Morgan fingerprint density at radius 2 is 2.27 bits per heavy atom. The van der Waals surface area contributed by atoms with E-state index in [1.165, 1.54) is 0 Å². The van der Waals surface area contributed by atoms with Crippen LogP contribution in [0.3, 0.4) is 0 Å². The Morgan fingerprint density at radius 1 is 1.45 bits per heavy atom. The molecular formula is C8H6NO2. The minimum absolute atomic E-state index is 0.434. The minimum atomic E-state index is -0.434. The predicted octanol–water partition coefficient (Wildman–Crippen LogP) is 1.30. The van der Waals surface area contributed by atoms with Crippen LogP contribution in [0.4, 0.5) is 0 Å². The molecule has 2 aromatic rings. The van der Waals surface area contributed by atoms with E-state index in [0.717, 1.165) is 5.56 Å². The fraction of sp³-hybridized carbons (Fsp3) is 0. The first-order valence-electron chi connectivity index (χ1n) is 3.21. The number of nitrogens with one attached hydrogen (secondary N) is 1. The Bertz CT molecular complexity index is 439. The first-order chi connectivity index (χ1) is 5.27. The smallest absolute Gasteiger partial charge is 0.408 e. The van der Waals surface area contributed by atoms with Crippen molar-refractivity contribution >= 4 is 11.1 Å². The van der Waals surface area contributed by atoms with E-state index in [1.54, 1.807) is 12.1 Å². The molecule has 0 aliphatic rings. The van der Waals surface area contributed by atoms with Crippen LogP contribution < -0.4 is 5.76 Å². The molecule has 0 atom stereocenters. The lowest BCUT2D eigenvalue weighted by atomic mass is 10.2. The van der Waals surface area contributed by atoms with Gasteiger partial charge in [0, 0.05) is 0 Å². The van der Waals surface area contributed by atoms with Crippen molar-refractivity contribution in [3.8, 4) is 0 Å². The molecule has 0 aliphatic heterocycles. The molecule has 1 aromatic heterocycles. The third-order valence-corrected chi connectivity index (χ3v) is 1.54. The largest absolute Gasteiger partial charge is 0.417 e. The number of para-hydroxylation sites is 1. The van der Waals surface area contributed by atoms with Gasteiger partial charge in [-0.1, -0.05) is 12.1 Å². The summed E-state index contributed by atoms with van der Waals surface area (Å²) >= 11 is 0. The Labute approximate surface area is 62.7 Å². The van der Waals surface area contributed by atoms with Crippen molar-refractivity contribution in [1.82, 2.24) is 4.98 Å². The van der Waals surface area contributed by atoms with Crippen LogP contribution in [0.2, 0.25) is 0 Å². The summed E-state index contributed by atoms with van der Waals surface area (Å²) in [5, 5.41) is 0. The molecule has 3 heteroatoms. The van der Waals surface area contributed by atoms with E-state index in [2.05, 4.69) is 11.9 Å². The quantitative estimate of drug-likeness (QED) is 0.612. The Kier molecular flexibility index (Phi) is 1.12. The third kappa shape index (κ3) is 0.852. The Morgan fingerprint density at radius 3 is 3.00 bits per heavy atom. The van der Waals surface area contributed by atoms with Crippen molar-refractivity contribution in [2.75, 3.05) is 0 Å². The van der Waals surface area contributed by atoms with Gasteiger partial charge in [0.15, 0.2) is 5.58 Å². The molecule has 1 aromatic carbocycles. The highest BCUT2D eigenvalue weighted by atomic mass is 16.4. The van der Waals surface area contributed by atoms with Crippen LogP contribution in [0, 0.1) is 6.92 Å². The van der Waals surface area contributed by atoms with Gasteiger partial charge in [0.1, 0.15) is 0 Å². The molecule has 0 unspecified atom stereocenters. The number of benzene rings is 1. The number of hydrogen-bond donors (Lipinski definition) is 1. The second-order valence-corrected chi connectivity index (χ2v) is 2.30. The molecule has 3 nitrogen and oxygen atoms in total. The second-order valence-electron chi connectivity index (χ2n) is 2.30. The fourth-order valence-electron chi connectivity index (χ4n) is 1.03. The van der Waals surface area contributed by atoms with Crippen LogP contribution in [0.5, 0.6) is 0 Å². The van der Waals surface area contributed by atoms with E-state index >= 15 is 0 Å². The molecule has 1 N–H and O–H groups in total. The molecule has 0 bridgehead atoms. The van der Waals surface area contributed by atoms with Gasteiger partial charge in [0.25, 0.3) is 0 Å². The van der Waals surface area contributed by atoms with Gasteiger partial charge in [-0.25, -0.2) is 4.79 Å². The molecule has 0 amide bonds. The molecule has 11 heavy (non-hydrogen) atoms. The molecule has 0 fully saturated rings. The molecule has 0 aliphatic carbocycles. The summed E-state index contributed by atoms with van der Waals surface area (Å²) in [6, 6.07) is 5.33. The molecule has 1 radical (unpaired) electrons. The van der Waals surface area contributed by atoms with E-state index in [4.69, 9.17) is 4.42 Å². The SMILES string of the molecule is [CH2]c1cccc2oc(=O)[nH]c12. The second kappa shape index (κ2) is 1.99. The van der Waals surface area contributed by atoms with Crippen molar-refractivity contribution in [2.24, 2.45) is 0 Å². The van der Waals surface area contributed by atoms with Crippen molar-refractivity contribution in [3.63, 3.8) is 0 Å². The van der Waals surface area contributed by atoms with Gasteiger partial charge in [0.05, 0.1) is 5.52 Å². The number of hydrogen-bond acceptors (Lipinski definition) is 2. The number of rotatable bonds is 0. The number of oxazole rings is 1. The van der Waals surface area contributed by atoms with E-state index in [1.807, 2.05) is 6.07 Å². The van der Waals surface area contributed by atoms with Crippen LogP contribution in [0.25, 0.3) is 11.1 Å². The van der Waals surface area contributed by atoms with Gasteiger partial charge in [-0.15, -0.1) is 0 Å². The molecule has 0 saturated carbocycles. The molecule has 2 rings (SSSR count). The van der Waals surface area contributed by atoms with Crippen LogP contribution in [-0.4, -0.2) is 4.98 Å². The summed E-state index contributed by atoms with van der Waals surface area (Å²) in [6.07, 6.45) is 0. The number of aromatic nitrogens is 1. The standard InChI is InChI=1S/C8H6NO2/c1-5-3-2-4-6-7(5)9-8(10)11-6/h2-4H,1H2,(H,9,10). The Balaban J connectivity index is 3.01. The highest BCUT2D eigenvalue weighted by Crippen LogP contribution is 2.12. The van der Waals surface area contributed by atoms with Crippen LogP contribution in [-0.2, 0) is 0 Å². The molecular weight excluding hydrogens is 142 g/mol. The van der Waals surface area contributed by atoms with E-state index in [-0.39, 0.29) is 0 Å². The normalized spacial score (nSPS) is 10.6. The van der Waals surface area contributed by atoms with Gasteiger partial charge >= 0.3 is 5.76 Å². The summed E-state index contributed by atoms with van der Waals surface area (Å²) < 4.78 is 4.80.